The molecule has 2 N–H and O–H groups in total. The maximum atomic E-state index is 5.97. The Morgan fingerprint density at radius 1 is 1.32 bits per heavy atom. The van der Waals surface area contributed by atoms with Crippen LogP contribution in [0.2, 0.25) is 0 Å². The summed E-state index contributed by atoms with van der Waals surface area (Å²) >= 11 is 1.88. The van der Waals surface area contributed by atoms with Gasteiger partial charge in [-0.25, -0.2) is 0 Å². The summed E-state index contributed by atoms with van der Waals surface area (Å²) in [5.41, 5.74) is 7.86. The zero-order chi connectivity index (χ0) is 14.3. The summed E-state index contributed by atoms with van der Waals surface area (Å²) in [6, 6.07) is 6.51. The molecule has 0 bridgehead atoms. The quantitative estimate of drug-likeness (QED) is 0.739. The Kier molecular flexibility index (Phi) is 6.92. The van der Waals surface area contributed by atoms with Crippen molar-refractivity contribution in [2.45, 2.75) is 32.7 Å². The molecule has 0 aliphatic rings. The SMILES string of the molecule is CCCOc1cc(N)cc(N(C)C(CC)CSC)c1. The highest BCUT2D eigenvalue weighted by Crippen LogP contribution is 2.27. The fourth-order valence-electron chi connectivity index (χ4n) is 2.02. The van der Waals surface area contributed by atoms with Gasteiger partial charge in [0.2, 0.25) is 0 Å². The molecule has 0 aromatic heterocycles. The van der Waals surface area contributed by atoms with Gasteiger partial charge in [0.05, 0.1) is 6.61 Å². The Labute approximate surface area is 121 Å². The van der Waals surface area contributed by atoms with Crippen molar-refractivity contribution >= 4 is 23.1 Å². The molecule has 19 heavy (non-hydrogen) atoms. The fourth-order valence-corrected chi connectivity index (χ4v) is 2.86. The van der Waals surface area contributed by atoms with Gasteiger partial charge >= 0.3 is 0 Å². The number of ether oxygens (including phenoxy) is 1. The van der Waals surface area contributed by atoms with Gasteiger partial charge in [0.1, 0.15) is 5.75 Å². The molecular weight excluding hydrogens is 256 g/mol. The zero-order valence-electron chi connectivity index (χ0n) is 12.5. The van der Waals surface area contributed by atoms with Crippen LogP contribution in [0.25, 0.3) is 0 Å². The number of hydrogen-bond acceptors (Lipinski definition) is 4. The Balaban J connectivity index is 2.88. The maximum absolute atomic E-state index is 5.97. The van der Waals surface area contributed by atoms with Crippen molar-refractivity contribution in [3.8, 4) is 5.75 Å². The van der Waals surface area contributed by atoms with E-state index >= 15 is 0 Å². The van der Waals surface area contributed by atoms with E-state index in [1.807, 2.05) is 23.9 Å². The van der Waals surface area contributed by atoms with Gasteiger partial charge in [0.15, 0.2) is 0 Å². The van der Waals surface area contributed by atoms with Gasteiger partial charge in [0.25, 0.3) is 0 Å². The van der Waals surface area contributed by atoms with Crippen LogP contribution in [-0.4, -0.2) is 31.7 Å². The van der Waals surface area contributed by atoms with Gasteiger partial charge in [-0.3, -0.25) is 0 Å². The van der Waals surface area contributed by atoms with Crippen molar-refractivity contribution in [2.24, 2.45) is 0 Å². The molecule has 0 aliphatic carbocycles. The average molecular weight is 282 g/mol. The number of nitrogens with zero attached hydrogens (tertiary/aromatic N) is 1. The molecule has 1 aromatic rings. The Bertz CT molecular complexity index is 384. The van der Waals surface area contributed by atoms with E-state index in [0.29, 0.717) is 6.04 Å². The maximum Gasteiger partial charge on any atom is 0.123 e. The third kappa shape index (κ3) is 4.86. The monoisotopic (exact) mass is 282 g/mol. The number of rotatable bonds is 8. The van der Waals surface area contributed by atoms with E-state index < -0.39 is 0 Å². The van der Waals surface area contributed by atoms with Gasteiger partial charge in [-0.15, -0.1) is 0 Å². The molecule has 4 heteroatoms. The van der Waals surface area contributed by atoms with E-state index in [9.17, 15) is 0 Å². The van der Waals surface area contributed by atoms with Gasteiger partial charge in [-0.05, 0) is 25.2 Å². The van der Waals surface area contributed by atoms with E-state index in [4.69, 9.17) is 10.5 Å². The molecule has 0 saturated carbocycles. The molecule has 0 radical (unpaired) electrons. The van der Waals surface area contributed by atoms with Crippen LogP contribution in [0.5, 0.6) is 5.75 Å². The summed E-state index contributed by atoms with van der Waals surface area (Å²) in [5.74, 6) is 1.98. The summed E-state index contributed by atoms with van der Waals surface area (Å²) in [6.07, 6.45) is 4.27. The topological polar surface area (TPSA) is 38.5 Å². The molecule has 1 rings (SSSR count). The van der Waals surface area contributed by atoms with Crippen molar-refractivity contribution in [3.05, 3.63) is 18.2 Å². The molecule has 3 nitrogen and oxygen atoms in total. The molecule has 0 fully saturated rings. The van der Waals surface area contributed by atoms with Gasteiger partial charge in [-0.2, -0.15) is 11.8 Å². The van der Waals surface area contributed by atoms with E-state index in [1.165, 1.54) is 0 Å². The highest BCUT2D eigenvalue weighted by atomic mass is 32.2. The molecule has 1 unspecified atom stereocenters. The second-order valence-corrected chi connectivity index (χ2v) is 5.65. The van der Waals surface area contributed by atoms with Crippen LogP contribution < -0.4 is 15.4 Å². The van der Waals surface area contributed by atoms with Crippen molar-refractivity contribution in [2.75, 3.05) is 36.3 Å². The number of anilines is 2. The molecule has 0 heterocycles. The standard InChI is InChI=1S/C15H26N2OS/c1-5-7-18-15-9-12(16)8-14(10-15)17(3)13(6-2)11-19-4/h8-10,13H,5-7,11,16H2,1-4H3. The van der Waals surface area contributed by atoms with Crippen molar-refractivity contribution in [1.29, 1.82) is 0 Å². The Hall–Kier alpha value is -1.03. The number of thioether (sulfide) groups is 1. The summed E-state index contributed by atoms with van der Waals surface area (Å²) < 4.78 is 5.69. The Morgan fingerprint density at radius 2 is 2.05 bits per heavy atom. The van der Waals surface area contributed by atoms with Crippen LogP contribution in [0.1, 0.15) is 26.7 Å². The smallest absolute Gasteiger partial charge is 0.123 e. The molecule has 108 valence electrons. The summed E-state index contributed by atoms with van der Waals surface area (Å²) in [4.78, 5) is 2.30. The van der Waals surface area contributed by atoms with Crippen molar-refractivity contribution in [1.82, 2.24) is 0 Å². The van der Waals surface area contributed by atoms with Gasteiger partial charge < -0.3 is 15.4 Å². The minimum atomic E-state index is 0.524. The van der Waals surface area contributed by atoms with E-state index in [2.05, 4.69) is 38.1 Å². The van der Waals surface area contributed by atoms with Gasteiger partial charge in [0, 0.05) is 42.3 Å². The first-order valence-electron chi connectivity index (χ1n) is 6.87. The van der Waals surface area contributed by atoms with Crippen molar-refractivity contribution in [3.63, 3.8) is 0 Å². The van der Waals surface area contributed by atoms with Crippen LogP contribution in [-0.2, 0) is 0 Å². The molecule has 1 aromatic carbocycles. The lowest BCUT2D eigenvalue weighted by Gasteiger charge is -2.29. The van der Waals surface area contributed by atoms with Crippen molar-refractivity contribution < 1.29 is 4.74 Å². The first-order valence-corrected chi connectivity index (χ1v) is 8.26. The fraction of sp³-hybridized carbons (Fsp3) is 0.600. The lowest BCUT2D eigenvalue weighted by molar-refractivity contribution is 0.317. The predicted octanol–water partition coefficient (Wildman–Crippen LogP) is 3.64. The van der Waals surface area contributed by atoms with E-state index in [1.54, 1.807) is 0 Å². The zero-order valence-corrected chi connectivity index (χ0v) is 13.3. The minimum Gasteiger partial charge on any atom is -0.493 e. The third-order valence-corrected chi connectivity index (χ3v) is 3.89. The number of nitrogen functional groups attached to an aromatic ring is 1. The molecular formula is C15H26N2OS. The predicted molar refractivity (Wildman–Crippen MR) is 87.5 cm³/mol. The average Bonchev–Trinajstić information content (AvgIpc) is 2.41. The van der Waals surface area contributed by atoms with Crippen LogP contribution >= 0.6 is 11.8 Å². The number of nitrogens with two attached hydrogens (primary N) is 1. The number of hydrogen-bond donors (Lipinski definition) is 1. The van der Waals surface area contributed by atoms with Crippen LogP contribution in [0, 0.1) is 0 Å². The second kappa shape index (κ2) is 8.20. The van der Waals surface area contributed by atoms with Gasteiger partial charge in [-0.1, -0.05) is 13.8 Å². The van der Waals surface area contributed by atoms with Crippen LogP contribution in [0.3, 0.4) is 0 Å². The van der Waals surface area contributed by atoms with E-state index in [-0.39, 0.29) is 0 Å². The highest BCUT2D eigenvalue weighted by Gasteiger charge is 2.14. The molecule has 0 saturated heterocycles. The largest absolute Gasteiger partial charge is 0.493 e. The van der Waals surface area contributed by atoms with Crippen LogP contribution in [0.15, 0.2) is 18.2 Å². The summed E-state index contributed by atoms with van der Waals surface area (Å²) in [7, 11) is 2.13. The summed E-state index contributed by atoms with van der Waals surface area (Å²) in [5, 5.41) is 0. The molecule has 0 aliphatic heterocycles. The first-order chi connectivity index (χ1) is 9.12. The lowest BCUT2D eigenvalue weighted by atomic mass is 10.2. The second-order valence-electron chi connectivity index (χ2n) is 4.74. The molecule has 0 amide bonds. The number of benzene rings is 1. The third-order valence-electron chi connectivity index (χ3n) is 3.17. The molecule has 0 spiro atoms. The Morgan fingerprint density at radius 3 is 2.63 bits per heavy atom. The van der Waals surface area contributed by atoms with E-state index in [0.717, 1.165) is 42.3 Å². The first kappa shape index (κ1) is 16.0. The minimum absolute atomic E-state index is 0.524. The normalized spacial score (nSPS) is 12.2. The summed E-state index contributed by atoms with van der Waals surface area (Å²) in [6.45, 7) is 5.05. The highest BCUT2D eigenvalue weighted by molar-refractivity contribution is 7.98. The molecule has 1 atom stereocenters. The van der Waals surface area contributed by atoms with Crippen LogP contribution in [0.4, 0.5) is 11.4 Å². The lowest BCUT2D eigenvalue weighted by Crippen LogP contribution is -2.33.